The maximum absolute atomic E-state index is 10.2. The maximum Gasteiger partial charge on any atom is 1.00 e. The molecule has 146 valence electrons. The molecule has 0 amide bonds. The molecule has 0 heterocycles. The Bertz CT molecular complexity index is 531. The van der Waals surface area contributed by atoms with E-state index in [1.54, 1.807) is 0 Å². The summed E-state index contributed by atoms with van der Waals surface area (Å²) in [5, 5.41) is 24.0. The molecule has 26 heavy (non-hydrogen) atoms. The van der Waals surface area contributed by atoms with Crippen LogP contribution < -0.4 is 34.7 Å². The number of aliphatic carboxylic acids is 3. The van der Waals surface area contributed by atoms with E-state index in [0.717, 1.165) is 25.7 Å². The van der Waals surface area contributed by atoms with E-state index < -0.39 is 39.7 Å². The van der Waals surface area contributed by atoms with Crippen LogP contribution >= 0.6 is 0 Å². The molecule has 0 aliphatic carbocycles. The van der Waals surface area contributed by atoms with Crippen LogP contribution in [0.3, 0.4) is 0 Å². The molecule has 0 radical (unpaired) electrons. The maximum atomic E-state index is 10.2. The van der Waals surface area contributed by atoms with E-state index in [9.17, 15) is 27.9 Å². The second-order valence-corrected chi connectivity index (χ2v) is 6.86. The van der Waals surface area contributed by atoms with Crippen LogP contribution in [0.2, 0.25) is 0 Å². The minimum atomic E-state index is -4.84. The summed E-state index contributed by atoms with van der Waals surface area (Å²) in [6.07, 6.45) is 8.68. The number of hydrogen-bond donors (Lipinski definition) is 3. The second kappa shape index (κ2) is 17.5. The van der Waals surface area contributed by atoms with E-state index in [4.69, 9.17) is 14.8 Å². The van der Waals surface area contributed by atoms with Gasteiger partial charge in [0.15, 0.2) is 5.25 Å². The summed E-state index contributed by atoms with van der Waals surface area (Å²) in [7, 11) is -4.84. The van der Waals surface area contributed by atoms with Crippen molar-refractivity contribution in [2.45, 2.75) is 63.0 Å². The number of carboxylic acids is 3. The van der Waals surface area contributed by atoms with Crippen molar-refractivity contribution in [1.29, 1.82) is 0 Å². The summed E-state index contributed by atoms with van der Waals surface area (Å²) in [6, 6.07) is 0. The van der Waals surface area contributed by atoms with Crippen LogP contribution in [-0.2, 0) is 24.5 Å². The Morgan fingerprint density at radius 3 is 1.77 bits per heavy atom. The molecule has 0 rings (SSSR count). The van der Waals surface area contributed by atoms with Crippen LogP contribution in [-0.4, -0.2) is 46.3 Å². The molecule has 0 spiro atoms. The third-order valence-electron chi connectivity index (χ3n) is 3.03. The van der Waals surface area contributed by atoms with Crippen LogP contribution in [0.25, 0.3) is 0 Å². The van der Waals surface area contributed by atoms with Gasteiger partial charge in [0.1, 0.15) is 0 Å². The number of carbonyl (C=O) groups excluding carboxylic acids is 1. The van der Waals surface area contributed by atoms with Crippen molar-refractivity contribution in [3.63, 3.8) is 0 Å². The predicted octanol–water partition coefficient (Wildman–Crippen LogP) is -2.15. The van der Waals surface area contributed by atoms with Gasteiger partial charge in [-0.15, -0.1) is 6.58 Å². The van der Waals surface area contributed by atoms with Crippen LogP contribution in [0.15, 0.2) is 12.7 Å². The molecule has 0 fully saturated rings. The summed E-state index contributed by atoms with van der Waals surface area (Å²) >= 11 is 0. The molecule has 9 nitrogen and oxygen atoms in total. The van der Waals surface area contributed by atoms with Gasteiger partial charge in [0, 0.05) is 5.97 Å². The van der Waals surface area contributed by atoms with Gasteiger partial charge in [0.25, 0.3) is 10.1 Å². The molecule has 0 aliphatic rings. The fraction of sp³-hybridized carbons (Fsp3) is 0.667. The van der Waals surface area contributed by atoms with Crippen molar-refractivity contribution in [2.24, 2.45) is 0 Å². The number of carbonyl (C=O) groups is 3. The summed E-state index contributed by atoms with van der Waals surface area (Å²) < 4.78 is 28.7. The molecule has 11 heteroatoms. The molecule has 0 aromatic rings. The topological polar surface area (TPSA) is 169 Å². The predicted molar refractivity (Wildman–Crippen MR) is 87.4 cm³/mol. The van der Waals surface area contributed by atoms with Crippen molar-refractivity contribution < 1.29 is 72.2 Å². The monoisotopic (exact) mass is 404 g/mol. The van der Waals surface area contributed by atoms with Crippen LogP contribution in [0.5, 0.6) is 0 Å². The van der Waals surface area contributed by atoms with Gasteiger partial charge in [-0.3, -0.25) is 14.1 Å². The van der Waals surface area contributed by atoms with Gasteiger partial charge >= 0.3 is 41.5 Å². The third kappa shape index (κ3) is 21.1. The molecule has 0 aromatic carbocycles. The number of unbranched alkanes of at least 4 members (excludes halogenated alkanes) is 6. The number of hydrogen-bond acceptors (Lipinski definition) is 6. The molecule has 1 unspecified atom stereocenters. The standard InChI is InChI=1S/C11H20O2.C4H6O7S.Na/c1-2-3-4-5-6-7-8-9-10-11(12)13;5-3(6)1-2(4(7)8)12(9,10)11;/h2H,1,3-10H2,(H,12,13);2H,1H2,(H,5,6)(H,7,8)(H,9,10,11);/q;;+1/p-1. The summed E-state index contributed by atoms with van der Waals surface area (Å²) in [4.78, 5) is 30.1. The van der Waals surface area contributed by atoms with Gasteiger partial charge in [0.05, 0.1) is 6.42 Å². The molecule has 0 bridgehead atoms. The Balaban J connectivity index is -0.000000393. The average molecular weight is 404 g/mol. The molecule has 0 saturated heterocycles. The zero-order valence-corrected chi connectivity index (χ0v) is 17.7. The fourth-order valence-electron chi connectivity index (χ4n) is 1.74. The average Bonchev–Trinajstić information content (AvgIpc) is 2.46. The Hall–Kier alpha value is -0.940. The van der Waals surface area contributed by atoms with Crippen molar-refractivity contribution in [2.75, 3.05) is 0 Å². The minimum absolute atomic E-state index is 0. The van der Waals surface area contributed by atoms with Crippen molar-refractivity contribution in [3.8, 4) is 0 Å². The van der Waals surface area contributed by atoms with E-state index in [1.165, 1.54) is 19.3 Å². The zero-order chi connectivity index (χ0) is 19.9. The first kappa shape index (κ1) is 29.8. The normalized spacial score (nSPS) is 11.3. The Labute approximate surface area is 175 Å². The minimum Gasteiger partial charge on any atom is -0.550 e. The van der Waals surface area contributed by atoms with Gasteiger partial charge in [0.2, 0.25) is 0 Å². The number of rotatable bonds is 13. The number of allylic oxidation sites excluding steroid dienone is 1. The first-order valence-corrected chi connectivity index (χ1v) is 9.24. The van der Waals surface area contributed by atoms with E-state index in [0.29, 0.717) is 0 Å². The first-order chi connectivity index (χ1) is 11.5. The van der Waals surface area contributed by atoms with E-state index in [-0.39, 0.29) is 36.0 Å². The first-order valence-electron chi connectivity index (χ1n) is 7.74. The van der Waals surface area contributed by atoms with Gasteiger partial charge in [-0.05, 0) is 25.7 Å². The van der Waals surface area contributed by atoms with E-state index >= 15 is 0 Å². The Morgan fingerprint density at radius 1 is 1.00 bits per heavy atom. The van der Waals surface area contributed by atoms with Crippen LogP contribution in [0.1, 0.15) is 57.8 Å². The molecule has 0 saturated carbocycles. The summed E-state index contributed by atoms with van der Waals surface area (Å²) in [5.74, 6) is -4.42. The molecule has 0 aliphatic heterocycles. The molecule has 3 N–H and O–H groups in total. The van der Waals surface area contributed by atoms with Crippen molar-refractivity contribution >= 4 is 28.0 Å². The van der Waals surface area contributed by atoms with Gasteiger partial charge < -0.3 is 20.1 Å². The molecular formula is C15H25NaO9S. The zero-order valence-electron chi connectivity index (χ0n) is 14.9. The SMILES string of the molecule is C=CCCCCCCCCC(=O)[O-].O=C(O)CC(C(=O)O)S(=O)(=O)O.[Na+]. The quantitative estimate of drug-likeness (QED) is 0.134. The fourth-order valence-corrected chi connectivity index (χ4v) is 2.35. The molecule has 0 aromatic heterocycles. The second-order valence-electron chi connectivity index (χ2n) is 5.26. The largest absolute Gasteiger partial charge is 1.00 e. The molecular weight excluding hydrogens is 379 g/mol. The van der Waals surface area contributed by atoms with E-state index in [1.807, 2.05) is 6.08 Å². The van der Waals surface area contributed by atoms with E-state index in [2.05, 4.69) is 6.58 Å². The van der Waals surface area contributed by atoms with Crippen molar-refractivity contribution in [1.82, 2.24) is 0 Å². The summed E-state index contributed by atoms with van der Waals surface area (Å²) in [6.45, 7) is 3.66. The smallest absolute Gasteiger partial charge is 0.550 e. The third-order valence-corrected chi connectivity index (χ3v) is 4.12. The van der Waals surface area contributed by atoms with Crippen LogP contribution in [0.4, 0.5) is 0 Å². The van der Waals surface area contributed by atoms with Gasteiger partial charge in [-0.2, -0.15) is 8.42 Å². The van der Waals surface area contributed by atoms with Gasteiger partial charge in [-0.25, -0.2) is 0 Å². The molecule has 1 atom stereocenters. The summed E-state index contributed by atoms with van der Waals surface area (Å²) in [5.41, 5.74) is 0. The van der Waals surface area contributed by atoms with Crippen molar-refractivity contribution in [3.05, 3.63) is 12.7 Å². The Morgan fingerprint density at radius 2 is 1.46 bits per heavy atom. The van der Waals surface area contributed by atoms with Crippen LogP contribution in [0, 0.1) is 0 Å². The Kier molecular flexibility index (Phi) is 20.0. The van der Waals surface area contributed by atoms with Gasteiger partial charge in [-0.1, -0.05) is 31.8 Å². The number of carboxylic acid groups (broad SMARTS) is 3.